The second kappa shape index (κ2) is 9.05. The average molecular weight is 418 g/mol. The molecule has 2 heterocycles. The fourth-order valence-corrected chi connectivity index (χ4v) is 4.55. The maximum absolute atomic E-state index is 13.7. The van der Waals surface area contributed by atoms with E-state index in [0.717, 1.165) is 26.9 Å². The normalized spacial score (nSPS) is 10.9. The van der Waals surface area contributed by atoms with Gasteiger partial charge in [-0.3, -0.25) is 4.79 Å². The number of hydrogen-bond donors (Lipinski definition) is 0. The quantitative estimate of drug-likeness (QED) is 0.413. The van der Waals surface area contributed by atoms with E-state index in [1.807, 2.05) is 79.4 Å². The van der Waals surface area contributed by atoms with E-state index in [-0.39, 0.29) is 5.91 Å². The Balaban J connectivity index is 1.72. The highest BCUT2D eigenvalue weighted by molar-refractivity contribution is 7.20. The number of fused-ring (bicyclic) bond motifs is 1. The van der Waals surface area contributed by atoms with Gasteiger partial charge in [-0.1, -0.05) is 60.7 Å². The number of thiophene rings is 1. The second-order valence-electron chi connectivity index (χ2n) is 6.98. The zero-order valence-corrected chi connectivity index (χ0v) is 17.9. The van der Waals surface area contributed by atoms with E-state index < -0.39 is 0 Å². The standard InChI is InChI=1S/C24H23N3O2S/c1-3-29-22-20-17(2)21(30-23(20)26-16-25-22)24(28)27(14-18-10-6-4-7-11-18)15-19-12-8-5-9-13-19/h4-13,16H,3,14-15H2,1-2H3. The number of nitrogens with zero attached hydrogens (tertiary/aromatic N) is 3. The lowest BCUT2D eigenvalue weighted by atomic mass is 10.1. The van der Waals surface area contributed by atoms with Gasteiger partial charge in [0.1, 0.15) is 11.2 Å². The van der Waals surface area contributed by atoms with Crippen molar-refractivity contribution in [3.63, 3.8) is 0 Å². The van der Waals surface area contributed by atoms with Crippen molar-refractivity contribution in [3.05, 3.63) is 88.6 Å². The van der Waals surface area contributed by atoms with Crippen LogP contribution in [0.5, 0.6) is 5.88 Å². The summed E-state index contributed by atoms with van der Waals surface area (Å²) in [6, 6.07) is 20.1. The topological polar surface area (TPSA) is 55.3 Å². The van der Waals surface area contributed by atoms with E-state index in [0.29, 0.717) is 30.5 Å². The molecule has 0 aliphatic carbocycles. The highest BCUT2D eigenvalue weighted by atomic mass is 32.1. The summed E-state index contributed by atoms with van der Waals surface area (Å²) < 4.78 is 5.68. The molecule has 152 valence electrons. The minimum atomic E-state index is -0.00865. The fraction of sp³-hybridized carbons (Fsp3) is 0.208. The molecule has 0 unspecified atom stereocenters. The second-order valence-corrected chi connectivity index (χ2v) is 7.98. The zero-order valence-electron chi connectivity index (χ0n) is 17.0. The van der Waals surface area contributed by atoms with E-state index in [4.69, 9.17) is 4.74 Å². The van der Waals surface area contributed by atoms with Crippen molar-refractivity contribution in [1.29, 1.82) is 0 Å². The molecule has 1 amide bonds. The van der Waals surface area contributed by atoms with Crippen molar-refractivity contribution < 1.29 is 9.53 Å². The van der Waals surface area contributed by atoms with Crippen LogP contribution in [0.1, 0.15) is 33.3 Å². The first kappa shape index (κ1) is 20.0. The Morgan fingerprint density at radius 2 is 1.57 bits per heavy atom. The number of ether oxygens (including phenoxy) is 1. The fourth-order valence-electron chi connectivity index (χ4n) is 3.44. The Kier molecular flexibility index (Phi) is 6.05. The number of hydrogen-bond acceptors (Lipinski definition) is 5. The highest BCUT2D eigenvalue weighted by Crippen LogP contribution is 2.35. The summed E-state index contributed by atoms with van der Waals surface area (Å²) in [7, 11) is 0. The van der Waals surface area contributed by atoms with E-state index in [1.165, 1.54) is 17.7 Å². The van der Waals surface area contributed by atoms with Crippen molar-refractivity contribution in [1.82, 2.24) is 14.9 Å². The summed E-state index contributed by atoms with van der Waals surface area (Å²) in [6.45, 7) is 5.45. The van der Waals surface area contributed by atoms with Crippen LogP contribution in [0.2, 0.25) is 0 Å². The van der Waals surface area contributed by atoms with Gasteiger partial charge >= 0.3 is 0 Å². The predicted molar refractivity (Wildman–Crippen MR) is 120 cm³/mol. The monoisotopic (exact) mass is 417 g/mol. The van der Waals surface area contributed by atoms with Crippen LogP contribution in [0.3, 0.4) is 0 Å². The summed E-state index contributed by atoms with van der Waals surface area (Å²) >= 11 is 1.40. The smallest absolute Gasteiger partial charge is 0.264 e. The van der Waals surface area contributed by atoms with E-state index in [9.17, 15) is 4.79 Å². The van der Waals surface area contributed by atoms with Gasteiger partial charge in [0.25, 0.3) is 5.91 Å². The van der Waals surface area contributed by atoms with Crippen molar-refractivity contribution in [3.8, 4) is 5.88 Å². The van der Waals surface area contributed by atoms with Crippen LogP contribution in [-0.4, -0.2) is 27.4 Å². The molecule has 0 saturated carbocycles. The largest absolute Gasteiger partial charge is 0.477 e. The third-order valence-electron chi connectivity index (χ3n) is 4.89. The molecule has 4 rings (SSSR count). The number of aromatic nitrogens is 2. The molecule has 4 aromatic rings. The molecular formula is C24H23N3O2S. The van der Waals surface area contributed by atoms with Gasteiger partial charge in [0.2, 0.25) is 5.88 Å². The van der Waals surface area contributed by atoms with Crippen LogP contribution < -0.4 is 4.74 Å². The minimum Gasteiger partial charge on any atom is -0.477 e. The molecule has 2 aromatic carbocycles. The lowest BCUT2D eigenvalue weighted by Gasteiger charge is -2.23. The van der Waals surface area contributed by atoms with Gasteiger partial charge in [-0.25, -0.2) is 9.97 Å². The van der Waals surface area contributed by atoms with Crippen molar-refractivity contribution >= 4 is 27.5 Å². The summed E-state index contributed by atoms with van der Waals surface area (Å²) in [5, 5.41) is 0.826. The molecule has 0 radical (unpaired) electrons. The number of benzene rings is 2. The summed E-state index contributed by atoms with van der Waals surface area (Å²) in [6.07, 6.45) is 1.49. The highest BCUT2D eigenvalue weighted by Gasteiger charge is 2.24. The van der Waals surface area contributed by atoms with Gasteiger partial charge in [-0.2, -0.15) is 0 Å². The van der Waals surface area contributed by atoms with Gasteiger partial charge < -0.3 is 9.64 Å². The molecule has 0 fully saturated rings. The van der Waals surface area contributed by atoms with Gasteiger partial charge in [0, 0.05) is 13.1 Å². The van der Waals surface area contributed by atoms with E-state index in [2.05, 4.69) is 9.97 Å². The molecule has 0 aliphatic rings. The first-order valence-electron chi connectivity index (χ1n) is 9.91. The lowest BCUT2D eigenvalue weighted by molar-refractivity contribution is 0.0734. The molecule has 30 heavy (non-hydrogen) atoms. The third-order valence-corrected chi connectivity index (χ3v) is 6.07. The molecule has 0 saturated heterocycles. The molecule has 5 nitrogen and oxygen atoms in total. The van der Waals surface area contributed by atoms with Gasteiger partial charge in [-0.05, 0) is 30.5 Å². The molecule has 0 bridgehead atoms. The zero-order chi connectivity index (χ0) is 20.9. The SMILES string of the molecule is CCOc1ncnc2sc(C(=O)N(Cc3ccccc3)Cc3ccccc3)c(C)c12. The van der Waals surface area contributed by atoms with Crippen LogP contribution in [-0.2, 0) is 13.1 Å². The maximum atomic E-state index is 13.7. The van der Waals surface area contributed by atoms with Gasteiger partial charge in [-0.15, -0.1) is 11.3 Å². The Labute approximate surface area is 180 Å². The van der Waals surface area contributed by atoms with Crippen LogP contribution in [0.4, 0.5) is 0 Å². The molecule has 2 aromatic heterocycles. The van der Waals surface area contributed by atoms with Crippen LogP contribution >= 0.6 is 11.3 Å². The first-order valence-corrected chi connectivity index (χ1v) is 10.7. The molecule has 0 spiro atoms. The molecule has 0 atom stereocenters. The van der Waals surface area contributed by atoms with Crippen LogP contribution in [0.15, 0.2) is 67.0 Å². The van der Waals surface area contributed by atoms with Crippen molar-refractivity contribution in [2.24, 2.45) is 0 Å². The number of rotatable bonds is 7. The summed E-state index contributed by atoms with van der Waals surface area (Å²) in [5.74, 6) is 0.527. The Morgan fingerprint density at radius 3 is 2.13 bits per heavy atom. The first-order chi connectivity index (χ1) is 14.7. The Morgan fingerprint density at radius 1 is 0.967 bits per heavy atom. The molecule has 0 N–H and O–H groups in total. The number of amides is 1. The Hall–Kier alpha value is -3.25. The maximum Gasteiger partial charge on any atom is 0.264 e. The summed E-state index contributed by atoms with van der Waals surface area (Å²) in [4.78, 5) is 25.6. The molecular weight excluding hydrogens is 394 g/mol. The van der Waals surface area contributed by atoms with Crippen LogP contribution in [0.25, 0.3) is 10.2 Å². The predicted octanol–water partition coefficient (Wildman–Crippen LogP) is 5.24. The van der Waals surface area contributed by atoms with E-state index >= 15 is 0 Å². The van der Waals surface area contributed by atoms with Crippen molar-refractivity contribution in [2.45, 2.75) is 26.9 Å². The van der Waals surface area contributed by atoms with Gasteiger partial charge in [0.15, 0.2) is 0 Å². The number of aryl methyl sites for hydroxylation is 1. The molecule has 6 heteroatoms. The number of carbonyl (C=O) groups excluding carboxylic acids is 1. The summed E-state index contributed by atoms with van der Waals surface area (Å²) in [5.41, 5.74) is 3.06. The third kappa shape index (κ3) is 4.19. The van der Waals surface area contributed by atoms with E-state index in [1.54, 1.807) is 0 Å². The minimum absolute atomic E-state index is 0.00865. The lowest BCUT2D eigenvalue weighted by Crippen LogP contribution is -2.30. The van der Waals surface area contributed by atoms with Crippen molar-refractivity contribution in [2.75, 3.05) is 6.61 Å². The molecule has 0 aliphatic heterocycles. The van der Waals surface area contributed by atoms with Crippen LogP contribution in [0, 0.1) is 6.92 Å². The number of carbonyl (C=O) groups is 1. The Bertz CT molecular complexity index is 1100. The van der Waals surface area contributed by atoms with Gasteiger partial charge in [0.05, 0.1) is 16.9 Å². The average Bonchev–Trinajstić information content (AvgIpc) is 3.12.